The minimum Gasteiger partial charge on any atom is -0.376 e. The highest BCUT2D eigenvalue weighted by atomic mass is 32.2. The fraction of sp³-hybridized carbons (Fsp3) is 0.400. The van der Waals surface area contributed by atoms with Crippen LogP contribution < -0.4 is 5.32 Å². The van der Waals surface area contributed by atoms with E-state index in [1.807, 2.05) is 0 Å². The van der Waals surface area contributed by atoms with Crippen molar-refractivity contribution in [3.05, 3.63) is 27.9 Å². The van der Waals surface area contributed by atoms with Crippen LogP contribution in [0.2, 0.25) is 0 Å². The summed E-state index contributed by atoms with van der Waals surface area (Å²) in [6, 6.07) is 2.11. The van der Waals surface area contributed by atoms with Crippen LogP contribution in [0.5, 0.6) is 0 Å². The van der Waals surface area contributed by atoms with E-state index in [1.54, 1.807) is 45.8 Å². The van der Waals surface area contributed by atoms with Crippen LogP contribution in [-0.2, 0) is 10.5 Å². The van der Waals surface area contributed by atoms with Gasteiger partial charge < -0.3 is 10.1 Å². The Morgan fingerprint density at radius 3 is 3.17 bits per heavy atom. The third-order valence-corrected chi connectivity index (χ3v) is 7.25. The van der Waals surface area contributed by atoms with Gasteiger partial charge in [-0.1, -0.05) is 23.1 Å². The van der Waals surface area contributed by atoms with E-state index >= 15 is 0 Å². The van der Waals surface area contributed by atoms with Gasteiger partial charge in [-0.3, -0.25) is 0 Å². The highest BCUT2D eigenvalue weighted by Crippen LogP contribution is 2.31. The second-order valence-corrected chi connectivity index (χ2v) is 9.17. The number of hydrogen-bond acceptors (Lipinski definition) is 9. The van der Waals surface area contributed by atoms with Crippen molar-refractivity contribution in [3.63, 3.8) is 0 Å². The number of nitrogens with zero attached hydrogens (tertiary/aromatic N) is 3. The second-order valence-electron chi connectivity index (χ2n) is 5.33. The van der Waals surface area contributed by atoms with Crippen molar-refractivity contribution >= 4 is 50.9 Å². The summed E-state index contributed by atoms with van der Waals surface area (Å²) < 4.78 is 6.57. The minimum atomic E-state index is 0.315. The Balaban J connectivity index is 1.28. The zero-order valence-electron chi connectivity index (χ0n) is 12.8. The molecule has 3 aromatic heterocycles. The van der Waals surface area contributed by atoms with Crippen LogP contribution in [0.1, 0.15) is 18.5 Å². The average Bonchev–Trinajstić information content (AvgIpc) is 3.40. The van der Waals surface area contributed by atoms with E-state index in [0.29, 0.717) is 6.10 Å². The fourth-order valence-electron chi connectivity index (χ4n) is 2.37. The van der Waals surface area contributed by atoms with Crippen molar-refractivity contribution in [2.45, 2.75) is 29.0 Å². The summed E-state index contributed by atoms with van der Waals surface area (Å²) >= 11 is 6.67. The van der Waals surface area contributed by atoms with E-state index in [4.69, 9.17) is 9.72 Å². The standard InChI is InChI=1S/C15H16N4OS4/c1-2-12(20-4-1)6-16-14-18-19-15(24-14)23-9-11-8-22-13(17-11)10-3-5-21-7-10/h3,5,7-8,12H,1-2,4,6,9H2,(H,16,18). The van der Waals surface area contributed by atoms with Crippen molar-refractivity contribution in [3.8, 4) is 10.6 Å². The Hall–Kier alpha value is -1.00. The summed E-state index contributed by atoms with van der Waals surface area (Å²) in [6.07, 6.45) is 2.60. The Kier molecular flexibility index (Phi) is 5.43. The molecule has 0 spiro atoms. The summed E-state index contributed by atoms with van der Waals surface area (Å²) in [7, 11) is 0. The van der Waals surface area contributed by atoms with Crippen LogP contribution in [0.15, 0.2) is 26.5 Å². The number of ether oxygens (including phenoxy) is 1. The molecule has 1 fully saturated rings. The molecule has 0 radical (unpaired) electrons. The summed E-state index contributed by atoms with van der Waals surface area (Å²) in [5, 5.41) is 20.0. The van der Waals surface area contributed by atoms with Gasteiger partial charge in [-0.25, -0.2) is 4.98 Å². The maximum Gasteiger partial charge on any atom is 0.206 e. The molecule has 4 rings (SSSR count). The normalized spacial score (nSPS) is 17.4. The molecule has 0 aromatic carbocycles. The molecule has 4 heterocycles. The number of rotatable bonds is 7. The Morgan fingerprint density at radius 1 is 1.33 bits per heavy atom. The first-order chi connectivity index (χ1) is 11.9. The summed E-state index contributed by atoms with van der Waals surface area (Å²) in [4.78, 5) is 4.69. The van der Waals surface area contributed by atoms with Crippen molar-refractivity contribution in [1.29, 1.82) is 0 Å². The molecule has 0 saturated carbocycles. The lowest BCUT2D eigenvalue weighted by molar-refractivity contribution is 0.120. The molecule has 1 unspecified atom stereocenters. The molecule has 1 aliphatic rings. The molecule has 126 valence electrons. The number of thiazole rings is 1. The highest BCUT2D eigenvalue weighted by molar-refractivity contribution is 8.00. The van der Waals surface area contributed by atoms with Gasteiger partial charge in [-0.2, -0.15) is 11.3 Å². The largest absolute Gasteiger partial charge is 0.376 e. The van der Waals surface area contributed by atoms with Crippen molar-refractivity contribution in [2.24, 2.45) is 0 Å². The molecule has 0 bridgehead atoms. The van der Waals surface area contributed by atoms with Crippen LogP contribution in [0.4, 0.5) is 5.13 Å². The van der Waals surface area contributed by atoms with Crippen LogP contribution in [0, 0.1) is 0 Å². The predicted octanol–water partition coefficient (Wildman–Crippen LogP) is 4.61. The van der Waals surface area contributed by atoms with E-state index in [-0.39, 0.29) is 0 Å². The Bertz CT molecular complexity index is 764. The van der Waals surface area contributed by atoms with Crippen molar-refractivity contribution in [2.75, 3.05) is 18.5 Å². The molecule has 1 atom stereocenters. The van der Waals surface area contributed by atoms with E-state index in [0.717, 1.165) is 51.9 Å². The number of hydrogen-bond donors (Lipinski definition) is 1. The molecule has 5 nitrogen and oxygen atoms in total. The summed E-state index contributed by atoms with van der Waals surface area (Å²) in [5.41, 5.74) is 2.30. The van der Waals surface area contributed by atoms with Gasteiger partial charge in [-0.05, 0) is 24.3 Å². The SMILES string of the molecule is c1cc(-c2nc(CSc3nnc(NCC4CCCO4)s3)cs2)cs1. The quantitative estimate of drug-likeness (QED) is 0.589. The highest BCUT2D eigenvalue weighted by Gasteiger charge is 2.16. The first-order valence-electron chi connectivity index (χ1n) is 7.65. The lowest BCUT2D eigenvalue weighted by atomic mass is 10.2. The Morgan fingerprint density at radius 2 is 2.33 bits per heavy atom. The summed E-state index contributed by atoms with van der Waals surface area (Å²) in [6.45, 7) is 1.69. The van der Waals surface area contributed by atoms with Gasteiger partial charge in [0.2, 0.25) is 5.13 Å². The number of aromatic nitrogens is 3. The van der Waals surface area contributed by atoms with Crippen molar-refractivity contribution in [1.82, 2.24) is 15.2 Å². The zero-order valence-corrected chi connectivity index (χ0v) is 16.1. The van der Waals surface area contributed by atoms with Crippen molar-refractivity contribution < 1.29 is 4.74 Å². The molecule has 9 heteroatoms. The minimum absolute atomic E-state index is 0.315. The number of nitrogens with one attached hydrogen (secondary N) is 1. The van der Waals surface area contributed by atoms with Gasteiger partial charge >= 0.3 is 0 Å². The number of thiophene rings is 1. The Labute approximate surface area is 156 Å². The van der Waals surface area contributed by atoms with Crippen LogP contribution in [0.3, 0.4) is 0 Å². The fourth-order valence-corrected chi connectivity index (χ4v) is 5.66. The van der Waals surface area contributed by atoms with E-state index < -0.39 is 0 Å². The molecular weight excluding hydrogens is 380 g/mol. The second kappa shape index (κ2) is 7.92. The smallest absolute Gasteiger partial charge is 0.206 e. The zero-order chi connectivity index (χ0) is 16.2. The molecular formula is C15H16N4OS4. The first-order valence-corrected chi connectivity index (χ1v) is 11.3. The van der Waals surface area contributed by atoms with E-state index in [2.05, 4.69) is 37.7 Å². The van der Waals surface area contributed by atoms with Gasteiger partial charge in [0, 0.05) is 35.2 Å². The van der Waals surface area contributed by atoms with Gasteiger partial charge in [0.05, 0.1) is 11.8 Å². The van der Waals surface area contributed by atoms with Crippen LogP contribution >= 0.6 is 45.8 Å². The summed E-state index contributed by atoms with van der Waals surface area (Å²) in [5.74, 6) is 0.820. The van der Waals surface area contributed by atoms with Gasteiger partial charge in [-0.15, -0.1) is 21.5 Å². The van der Waals surface area contributed by atoms with Gasteiger partial charge in [0.25, 0.3) is 0 Å². The topological polar surface area (TPSA) is 59.9 Å². The number of anilines is 1. The predicted molar refractivity (Wildman–Crippen MR) is 102 cm³/mol. The monoisotopic (exact) mass is 396 g/mol. The maximum absolute atomic E-state index is 5.60. The van der Waals surface area contributed by atoms with Crippen LogP contribution in [0.25, 0.3) is 10.6 Å². The average molecular weight is 397 g/mol. The number of thioether (sulfide) groups is 1. The third kappa shape index (κ3) is 4.15. The molecule has 24 heavy (non-hydrogen) atoms. The molecule has 1 N–H and O–H groups in total. The molecule has 0 amide bonds. The lowest BCUT2D eigenvalue weighted by Crippen LogP contribution is -2.18. The molecule has 1 aliphatic heterocycles. The lowest BCUT2D eigenvalue weighted by Gasteiger charge is -2.08. The van der Waals surface area contributed by atoms with Crippen LogP contribution in [-0.4, -0.2) is 34.4 Å². The first kappa shape index (κ1) is 16.5. The van der Waals surface area contributed by atoms with E-state index in [1.165, 1.54) is 5.56 Å². The van der Waals surface area contributed by atoms with Gasteiger partial charge in [0.15, 0.2) is 4.34 Å². The maximum atomic E-state index is 5.60. The van der Waals surface area contributed by atoms with Gasteiger partial charge in [0.1, 0.15) is 5.01 Å². The molecule has 0 aliphatic carbocycles. The molecule has 3 aromatic rings. The third-order valence-electron chi connectivity index (χ3n) is 3.57. The van der Waals surface area contributed by atoms with E-state index in [9.17, 15) is 0 Å². The molecule has 1 saturated heterocycles.